The minimum Gasteiger partial charge on any atom is -0.462 e. The molecule has 2 aliphatic rings. The van der Waals surface area contributed by atoms with Gasteiger partial charge in [-0.2, -0.15) is 0 Å². The van der Waals surface area contributed by atoms with E-state index in [1.54, 1.807) is 0 Å². The van der Waals surface area contributed by atoms with Gasteiger partial charge in [0.2, 0.25) is 0 Å². The lowest BCUT2D eigenvalue weighted by Gasteiger charge is -2.50. The molecule has 1 saturated heterocycles. The molecule has 1 heterocycles. The summed E-state index contributed by atoms with van der Waals surface area (Å²) in [6.45, 7) is 7.99. The molecule has 2 rings (SSSR count). The summed E-state index contributed by atoms with van der Waals surface area (Å²) in [4.78, 5) is 11.9. The molecule has 1 saturated carbocycles. The van der Waals surface area contributed by atoms with Crippen LogP contribution in [0.15, 0.2) is 0 Å². The number of ether oxygens (including phenoxy) is 3. The number of hydrogen-bond acceptors (Lipinski definition) is 4. The first kappa shape index (κ1) is 15.8. The van der Waals surface area contributed by atoms with Gasteiger partial charge in [-0.1, -0.05) is 27.2 Å². The molecule has 20 heavy (non-hydrogen) atoms. The van der Waals surface area contributed by atoms with Crippen molar-refractivity contribution in [3.05, 3.63) is 0 Å². The van der Waals surface area contributed by atoms with Crippen LogP contribution in [0.25, 0.3) is 0 Å². The van der Waals surface area contributed by atoms with Gasteiger partial charge < -0.3 is 14.2 Å². The summed E-state index contributed by atoms with van der Waals surface area (Å²) in [5.74, 6) is -0.123. The molecule has 0 aromatic rings. The zero-order valence-corrected chi connectivity index (χ0v) is 13.0. The molecule has 0 bridgehead atoms. The fourth-order valence-corrected chi connectivity index (χ4v) is 2.90. The molecule has 0 spiro atoms. The lowest BCUT2D eigenvalue weighted by molar-refractivity contribution is -0.204. The molecule has 0 amide bonds. The van der Waals surface area contributed by atoms with Gasteiger partial charge >= 0.3 is 5.97 Å². The maximum absolute atomic E-state index is 11.9. The first-order chi connectivity index (χ1) is 9.54. The fraction of sp³-hybridized carbons (Fsp3) is 0.938. The highest BCUT2D eigenvalue weighted by Gasteiger charge is 2.51. The highest BCUT2D eigenvalue weighted by molar-refractivity contribution is 5.70. The van der Waals surface area contributed by atoms with Gasteiger partial charge in [0.25, 0.3) is 0 Å². The standard InChI is InChI=1S/C16H28O4/c1-4-5-8-19-13-11-14(16(13,2)3)20-15(17)10-12-7-6-9-18-12/h12-14H,4-11H2,1-3H3/t12-,13-,14+/m1/s1. The zero-order valence-electron chi connectivity index (χ0n) is 13.0. The van der Waals surface area contributed by atoms with Crippen LogP contribution in [0.3, 0.4) is 0 Å². The molecule has 4 heteroatoms. The Bertz CT molecular complexity index is 320. The Hall–Kier alpha value is -0.610. The van der Waals surface area contributed by atoms with Gasteiger partial charge in [0.05, 0.1) is 18.6 Å². The number of carbonyl (C=O) groups is 1. The van der Waals surface area contributed by atoms with Crippen molar-refractivity contribution in [3.63, 3.8) is 0 Å². The third-order valence-electron chi connectivity index (χ3n) is 4.60. The SMILES string of the molecule is CCCCO[C@@H]1C[C@H](OC(=O)C[C@H]2CCCO2)C1(C)C. The van der Waals surface area contributed by atoms with Gasteiger partial charge in [-0.15, -0.1) is 0 Å². The Morgan fingerprint density at radius 2 is 2.15 bits per heavy atom. The van der Waals surface area contributed by atoms with E-state index >= 15 is 0 Å². The van der Waals surface area contributed by atoms with Gasteiger partial charge in [0.1, 0.15) is 6.10 Å². The molecule has 2 fully saturated rings. The van der Waals surface area contributed by atoms with Gasteiger partial charge in [0, 0.05) is 25.0 Å². The average molecular weight is 284 g/mol. The van der Waals surface area contributed by atoms with Crippen molar-refractivity contribution < 1.29 is 19.0 Å². The second kappa shape index (κ2) is 6.90. The van der Waals surface area contributed by atoms with Crippen LogP contribution in [0.1, 0.15) is 59.3 Å². The van der Waals surface area contributed by atoms with E-state index in [1.165, 1.54) is 0 Å². The number of hydrogen-bond donors (Lipinski definition) is 0. The predicted molar refractivity (Wildman–Crippen MR) is 76.5 cm³/mol. The number of rotatable bonds is 7. The van der Waals surface area contributed by atoms with E-state index in [9.17, 15) is 4.79 Å². The van der Waals surface area contributed by atoms with Crippen molar-refractivity contribution >= 4 is 5.97 Å². The second-order valence-corrected chi connectivity index (χ2v) is 6.59. The normalized spacial score (nSPS) is 31.9. The monoisotopic (exact) mass is 284 g/mol. The third-order valence-corrected chi connectivity index (χ3v) is 4.60. The van der Waals surface area contributed by atoms with E-state index in [0.29, 0.717) is 6.42 Å². The van der Waals surface area contributed by atoms with Crippen molar-refractivity contribution in [1.82, 2.24) is 0 Å². The van der Waals surface area contributed by atoms with Crippen LogP contribution in [-0.2, 0) is 19.0 Å². The Morgan fingerprint density at radius 3 is 2.75 bits per heavy atom. The molecule has 0 radical (unpaired) electrons. The summed E-state index contributed by atoms with van der Waals surface area (Å²) in [7, 11) is 0. The highest BCUT2D eigenvalue weighted by Crippen LogP contribution is 2.45. The van der Waals surface area contributed by atoms with E-state index in [4.69, 9.17) is 14.2 Å². The second-order valence-electron chi connectivity index (χ2n) is 6.59. The molecule has 0 aromatic carbocycles. The van der Waals surface area contributed by atoms with Crippen LogP contribution >= 0.6 is 0 Å². The van der Waals surface area contributed by atoms with E-state index in [-0.39, 0.29) is 29.7 Å². The first-order valence-corrected chi connectivity index (χ1v) is 7.96. The number of unbranched alkanes of at least 4 members (excludes halogenated alkanes) is 1. The molecular formula is C16H28O4. The maximum atomic E-state index is 11.9. The van der Waals surface area contributed by atoms with Crippen LogP contribution in [0.2, 0.25) is 0 Å². The van der Waals surface area contributed by atoms with Crippen LogP contribution in [0.4, 0.5) is 0 Å². The van der Waals surface area contributed by atoms with Gasteiger partial charge in [-0.3, -0.25) is 4.79 Å². The van der Waals surface area contributed by atoms with Crippen molar-refractivity contribution in [2.24, 2.45) is 5.41 Å². The lowest BCUT2D eigenvalue weighted by atomic mass is 9.66. The molecule has 1 aliphatic heterocycles. The highest BCUT2D eigenvalue weighted by atomic mass is 16.6. The molecule has 0 N–H and O–H groups in total. The molecule has 116 valence electrons. The Balaban J connectivity index is 1.70. The fourth-order valence-electron chi connectivity index (χ4n) is 2.90. The van der Waals surface area contributed by atoms with Crippen LogP contribution < -0.4 is 0 Å². The van der Waals surface area contributed by atoms with Crippen LogP contribution in [-0.4, -0.2) is 37.5 Å². The minimum absolute atomic E-state index is 0.0111. The van der Waals surface area contributed by atoms with Crippen LogP contribution in [0, 0.1) is 5.41 Å². The Labute approximate surface area is 122 Å². The summed E-state index contributed by atoms with van der Waals surface area (Å²) in [5, 5.41) is 0. The summed E-state index contributed by atoms with van der Waals surface area (Å²) in [6.07, 6.45) is 5.77. The maximum Gasteiger partial charge on any atom is 0.308 e. The smallest absolute Gasteiger partial charge is 0.308 e. The average Bonchev–Trinajstić information content (AvgIpc) is 2.89. The van der Waals surface area contributed by atoms with Gasteiger partial charge in [-0.25, -0.2) is 0 Å². The lowest BCUT2D eigenvalue weighted by Crippen LogP contribution is -2.56. The van der Waals surface area contributed by atoms with E-state index in [1.807, 2.05) is 0 Å². The summed E-state index contributed by atoms with van der Waals surface area (Å²) in [6, 6.07) is 0. The van der Waals surface area contributed by atoms with Crippen LogP contribution in [0.5, 0.6) is 0 Å². The topological polar surface area (TPSA) is 44.8 Å². The van der Waals surface area contributed by atoms with Crippen molar-refractivity contribution in [2.45, 2.75) is 77.6 Å². The van der Waals surface area contributed by atoms with Crippen molar-refractivity contribution in [3.8, 4) is 0 Å². The molecule has 0 unspecified atom stereocenters. The molecule has 0 aromatic heterocycles. The molecule has 1 aliphatic carbocycles. The van der Waals surface area contributed by atoms with Gasteiger partial charge in [0.15, 0.2) is 0 Å². The predicted octanol–water partition coefficient (Wildman–Crippen LogP) is 3.08. The summed E-state index contributed by atoms with van der Waals surface area (Å²) < 4.78 is 16.9. The van der Waals surface area contributed by atoms with Crippen molar-refractivity contribution in [2.75, 3.05) is 13.2 Å². The van der Waals surface area contributed by atoms with E-state index in [0.717, 1.165) is 45.3 Å². The first-order valence-electron chi connectivity index (χ1n) is 7.96. The molecule has 4 nitrogen and oxygen atoms in total. The minimum atomic E-state index is -0.123. The Morgan fingerprint density at radius 1 is 1.35 bits per heavy atom. The zero-order chi connectivity index (χ0) is 14.6. The van der Waals surface area contributed by atoms with Crippen molar-refractivity contribution in [1.29, 1.82) is 0 Å². The summed E-state index contributed by atoms with van der Waals surface area (Å²) in [5.41, 5.74) is -0.0695. The number of carbonyl (C=O) groups excluding carboxylic acids is 1. The van der Waals surface area contributed by atoms with E-state index < -0.39 is 0 Å². The third kappa shape index (κ3) is 3.73. The summed E-state index contributed by atoms with van der Waals surface area (Å²) >= 11 is 0. The molecule has 3 atom stereocenters. The number of esters is 1. The van der Waals surface area contributed by atoms with Gasteiger partial charge in [-0.05, 0) is 19.3 Å². The largest absolute Gasteiger partial charge is 0.462 e. The quantitative estimate of drug-likeness (QED) is 0.532. The molecular weight excluding hydrogens is 256 g/mol. The van der Waals surface area contributed by atoms with E-state index in [2.05, 4.69) is 20.8 Å². The Kier molecular flexibility index (Phi) is 5.44.